The summed E-state index contributed by atoms with van der Waals surface area (Å²) in [5.41, 5.74) is 3.28. The first kappa shape index (κ1) is 12.2. The smallest absolute Gasteiger partial charge is 0.129 e. The third-order valence-corrected chi connectivity index (χ3v) is 2.42. The number of nitriles is 1. The van der Waals surface area contributed by atoms with Gasteiger partial charge in [0.25, 0.3) is 0 Å². The lowest BCUT2D eigenvalue weighted by atomic mass is 10.2. The molecule has 0 saturated carbocycles. The Morgan fingerprint density at radius 3 is 2.15 bits per heavy atom. The molecular weight excluding hydrogens is 176 g/mol. The maximum Gasteiger partial charge on any atom is 0.129 e. The minimum Gasteiger partial charge on any atom is -0.295 e. The highest BCUT2D eigenvalue weighted by Gasteiger charge is 2.11. The van der Waals surface area contributed by atoms with Crippen molar-refractivity contribution in [2.75, 3.05) is 14.1 Å². The minimum absolute atomic E-state index is 0.0942. The normalized spacial score (nSPS) is 13.0. The zero-order valence-corrected chi connectivity index (χ0v) is 10.2. The molecule has 13 heavy (non-hydrogen) atoms. The first-order chi connectivity index (χ1) is 5.87. The Labute approximate surface area is 82.6 Å². The number of hydrogen-bond acceptors (Lipinski definition) is 2. The van der Waals surface area contributed by atoms with Crippen molar-refractivity contribution >= 4 is 8.07 Å². The van der Waals surface area contributed by atoms with Gasteiger partial charge in [-0.2, -0.15) is 5.26 Å². The van der Waals surface area contributed by atoms with E-state index in [1.807, 2.05) is 19.0 Å². The van der Waals surface area contributed by atoms with Crippen LogP contribution in [0.25, 0.3) is 0 Å². The van der Waals surface area contributed by atoms with Crippen molar-refractivity contribution in [3.8, 4) is 17.5 Å². The molecule has 0 aliphatic rings. The molecule has 0 amide bonds. The van der Waals surface area contributed by atoms with E-state index in [2.05, 4.69) is 37.2 Å². The van der Waals surface area contributed by atoms with Crippen LogP contribution in [0.2, 0.25) is 19.6 Å². The van der Waals surface area contributed by atoms with E-state index in [9.17, 15) is 0 Å². The molecule has 0 aliphatic heterocycles. The van der Waals surface area contributed by atoms with Crippen molar-refractivity contribution in [3.63, 3.8) is 0 Å². The maximum absolute atomic E-state index is 8.58. The van der Waals surface area contributed by atoms with Gasteiger partial charge in [0.1, 0.15) is 8.07 Å². The van der Waals surface area contributed by atoms with E-state index >= 15 is 0 Å². The van der Waals surface area contributed by atoms with Gasteiger partial charge in [-0.1, -0.05) is 25.6 Å². The van der Waals surface area contributed by atoms with Crippen molar-refractivity contribution in [1.29, 1.82) is 5.26 Å². The first-order valence-electron chi connectivity index (χ1n) is 4.43. The second kappa shape index (κ2) is 5.06. The fourth-order valence-corrected chi connectivity index (χ4v) is 1.35. The first-order valence-corrected chi connectivity index (χ1v) is 7.93. The second-order valence-electron chi connectivity index (χ2n) is 4.36. The lowest BCUT2D eigenvalue weighted by Gasteiger charge is -2.16. The van der Waals surface area contributed by atoms with Gasteiger partial charge in [-0.05, 0) is 14.1 Å². The van der Waals surface area contributed by atoms with Crippen molar-refractivity contribution in [2.24, 2.45) is 0 Å². The molecule has 1 unspecified atom stereocenters. The van der Waals surface area contributed by atoms with Gasteiger partial charge in [0.2, 0.25) is 0 Å². The van der Waals surface area contributed by atoms with E-state index in [1.54, 1.807) is 0 Å². The Balaban J connectivity index is 4.41. The molecule has 72 valence electrons. The molecule has 0 rings (SSSR count). The van der Waals surface area contributed by atoms with Gasteiger partial charge in [-0.25, -0.2) is 0 Å². The Hall–Kier alpha value is -0.773. The van der Waals surface area contributed by atoms with Gasteiger partial charge in [0.05, 0.1) is 18.5 Å². The van der Waals surface area contributed by atoms with Crippen LogP contribution in [-0.4, -0.2) is 33.1 Å². The van der Waals surface area contributed by atoms with Crippen LogP contribution in [0.4, 0.5) is 0 Å². The van der Waals surface area contributed by atoms with Crippen LogP contribution in [0.5, 0.6) is 0 Å². The molecule has 3 heteroatoms. The van der Waals surface area contributed by atoms with Gasteiger partial charge >= 0.3 is 0 Å². The molecule has 0 aromatic rings. The summed E-state index contributed by atoms with van der Waals surface area (Å²) in [7, 11) is 2.63. The zero-order chi connectivity index (χ0) is 10.5. The van der Waals surface area contributed by atoms with E-state index in [0.717, 1.165) is 0 Å². The average molecular weight is 194 g/mol. The zero-order valence-electron chi connectivity index (χ0n) is 9.18. The second-order valence-corrected chi connectivity index (χ2v) is 9.11. The lowest BCUT2D eigenvalue weighted by Crippen LogP contribution is -2.27. The molecule has 0 aromatic carbocycles. The third kappa shape index (κ3) is 6.39. The predicted octanol–water partition coefficient (Wildman–Crippen LogP) is 1.71. The molecule has 2 nitrogen and oxygen atoms in total. The molecule has 0 saturated heterocycles. The summed E-state index contributed by atoms with van der Waals surface area (Å²) in [6, 6.07) is 2.25. The van der Waals surface area contributed by atoms with Crippen LogP contribution in [-0.2, 0) is 0 Å². The van der Waals surface area contributed by atoms with Gasteiger partial charge in [0.15, 0.2) is 0 Å². The van der Waals surface area contributed by atoms with Crippen molar-refractivity contribution in [3.05, 3.63) is 0 Å². The minimum atomic E-state index is -1.29. The summed E-state index contributed by atoms with van der Waals surface area (Å²) < 4.78 is 0. The van der Waals surface area contributed by atoms with Crippen LogP contribution in [0.1, 0.15) is 6.42 Å². The summed E-state index contributed by atoms with van der Waals surface area (Å²) in [5, 5.41) is 8.58. The topological polar surface area (TPSA) is 27.0 Å². The van der Waals surface area contributed by atoms with Crippen molar-refractivity contribution < 1.29 is 0 Å². The highest BCUT2D eigenvalue weighted by atomic mass is 28.3. The SMILES string of the molecule is CN(C)C(C#C[Si](C)(C)C)CC#N. The van der Waals surface area contributed by atoms with Crippen LogP contribution in [0.15, 0.2) is 0 Å². The lowest BCUT2D eigenvalue weighted by molar-refractivity contribution is 0.357. The summed E-state index contributed by atoms with van der Waals surface area (Å²) in [6.45, 7) is 6.62. The fourth-order valence-electron chi connectivity index (χ4n) is 0.749. The fraction of sp³-hybridized carbons (Fsp3) is 0.700. The van der Waals surface area contributed by atoms with Crippen LogP contribution >= 0.6 is 0 Å². The van der Waals surface area contributed by atoms with Crippen LogP contribution < -0.4 is 0 Å². The molecule has 0 bridgehead atoms. The van der Waals surface area contributed by atoms with Gasteiger partial charge < -0.3 is 0 Å². The average Bonchev–Trinajstić information content (AvgIpc) is 1.95. The highest BCUT2D eigenvalue weighted by Crippen LogP contribution is 2.00. The third-order valence-electron chi connectivity index (χ3n) is 1.52. The van der Waals surface area contributed by atoms with E-state index < -0.39 is 8.07 Å². The molecular formula is C10H18N2Si. The van der Waals surface area contributed by atoms with Gasteiger partial charge in [0, 0.05) is 0 Å². The van der Waals surface area contributed by atoms with Crippen LogP contribution in [0.3, 0.4) is 0 Å². The number of rotatable bonds is 2. The highest BCUT2D eigenvalue weighted by molar-refractivity contribution is 6.83. The predicted molar refractivity (Wildman–Crippen MR) is 58.8 cm³/mol. The monoisotopic (exact) mass is 194 g/mol. The molecule has 0 heterocycles. The summed E-state index contributed by atoms with van der Waals surface area (Å²) in [6.07, 6.45) is 0.491. The standard InChI is InChI=1S/C10H18N2Si/c1-12(2)10(6-8-11)7-9-13(3,4)5/h10H,6H2,1-5H3. The van der Waals surface area contributed by atoms with Crippen molar-refractivity contribution in [2.45, 2.75) is 32.1 Å². The Bertz CT molecular complexity index is 247. The summed E-state index contributed by atoms with van der Waals surface area (Å²) in [5.74, 6) is 3.18. The van der Waals surface area contributed by atoms with Gasteiger partial charge in [-0.3, -0.25) is 4.90 Å². The maximum atomic E-state index is 8.58. The van der Waals surface area contributed by atoms with Crippen molar-refractivity contribution in [1.82, 2.24) is 4.90 Å². The molecule has 0 spiro atoms. The molecule has 1 atom stereocenters. The molecule has 0 fully saturated rings. The Morgan fingerprint density at radius 2 is 1.85 bits per heavy atom. The van der Waals surface area contributed by atoms with E-state index in [-0.39, 0.29) is 6.04 Å². The van der Waals surface area contributed by atoms with E-state index in [0.29, 0.717) is 6.42 Å². The molecule has 0 N–H and O–H groups in total. The van der Waals surface area contributed by atoms with E-state index in [4.69, 9.17) is 5.26 Å². The summed E-state index contributed by atoms with van der Waals surface area (Å²) >= 11 is 0. The summed E-state index contributed by atoms with van der Waals surface area (Å²) in [4.78, 5) is 2.00. The largest absolute Gasteiger partial charge is 0.295 e. The molecule has 0 aliphatic carbocycles. The van der Waals surface area contributed by atoms with Gasteiger partial charge in [-0.15, -0.1) is 5.54 Å². The van der Waals surface area contributed by atoms with Crippen LogP contribution in [0, 0.1) is 22.8 Å². The van der Waals surface area contributed by atoms with E-state index in [1.165, 1.54) is 0 Å². The number of hydrogen-bond donors (Lipinski definition) is 0. The Kier molecular flexibility index (Phi) is 4.76. The number of nitrogens with zero attached hydrogens (tertiary/aromatic N) is 2. The molecule has 0 aromatic heterocycles. The Morgan fingerprint density at radius 1 is 1.31 bits per heavy atom. The molecule has 0 radical (unpaired) electrons. The quantitative estimate of drug-likeness (QED) is 0.494.